The third-order valence-corrected chi connectivity index (χ3v) is 2.36. The Kier molecular flexibility index (Phi) is 6.48. The second-order valence-corrected chi connectivity index (χ2v) is 3.56. The Bertz CT molecular complexity index is 347. The van der Waals surface area contributed by atoms with E-state index in [0.29, 0.717) is 18.4 Å². The number of hydrogen-bond donors (Lipinski definition) is 2. The number of aliphatic hydroxyl groups is 1. The lowest BCUT2D eigenvalue weighted by Gasteiger charge is -2.14. The Morgan fingerprint density at radius 2 is 2.00 bits per heavy atom. The summed E-state index contributed by atoms with van der Waals surface area (Å²) in [5, 5.41) is 8.61. The zero-order chi connectivity index (χ0) is 11.4. The molecule has 0 saturated heterocycles. The highest BCUT2D eigenvalue weighted by Crippen LogP contribution is 2.24. The van der Waals surface area contributed by atoms with E-state index in [1.165, 1.54) is 12.1 Å². The van der Waals surface area contributed by atoms with Crippen LogP contribution in [0.5, 0.6) is 0 Å². The van der Waals surface area contributed by atoms with E-state index < -0.39 is 17.7 Å². The van der Waals surface area contributed by atoms with Crippen LogP contribution in [-0.4, -0.2) is 11.7 Å². The summed E-state index contributed by atoms with van der Waals surface area (Å²) in [7, 11) is 0. The highest BCUT2D eigenvalue weighted by atomic mass is 35.5. The summed E-state index contributed by atoms with van der Waals surface area (Å²) in [5.74, 6) is -1.20. The molecule has 0 bridgehead atoms. The van der Waals surface area contributed by atoms with E-state index in [9.17, 15) is 8.78 Å². The van der Waals surface area contributed by atoms with Gasteiger partial charge in [0.15, 0.2) is 0 Å². The average Bonchev–Trinajstić information content (AvgIpc) is 2.21. The van der Waals surface area contributed by atoms with E-state index in [-0.39, 0.29) is 24.6 Å². The molecule has 0 amide bonds. The molecule has 5 heteroatoms. The van der Waals surface area contributed by atoms with Crippen molar-refractivity contribution in [3.05, 3.63) is 34.9 Å². The van der Waals surface area contributed by atoms with Crippen molar-refractivity contribution in [3.8, 4) is 0 Å². The first-order chi connectivity index (χ1) is 7.07. The minimum atomic E-state index is -0.697. The molecule has 0 saturated carbocycles. The monoisotopic (exact) mass is 251 g/mol. The lowest BCUT2D eigenvalue weighted by molar-refractivity contribution is 0.278. The van der Waals surface area contributed by atoms with Crippen LogP contribution in [0.15, 0.2) is 12.1 Å². The number of nitrogens with two attached hydrogens (primary N) is 1. The Balaban J connectivity index is 0.00000225. The van der Waals surface area contributed by atoms with E-state index in [0.717, 1.165) is 0 Å². The molecule has 0 aliphatic carbocycles. The van der Waals surface area contributed by atoms with Gasteiger partial charge in [0.05, 0.1) is 0 Å². The van der Waals surface area contributed by atoms with Crippen molar-refractivity contribution in [1.29, 1.82) is 0 Å². The maximum atomic E-state index is 13.6. The number of hydrogen-bond acceptors (Lipinski definition) is 2. The maximum absolute atomic E-state index is 13.6. The second kappa shape index (κ2) is 6.78. The Labute approximate surface area is 99.9 Å². The lowest BCUT2D eigenvalue weighted by Crippen LogP contribution is -2.15. The van der Waals surface area contributed by atoms with Gasteiger partial charge in [0.1, 0.15) is 11.6 Å². The SMILES string of the molecule is Cc1ccc(F)c([C@H](N)CCCO)c1F.Cl. The van der Waals surface area contributed by atoms with Crippen molar-refractivity contribution in [3.63, 3.8) is 0 Å². The molecule has 16 heavy (non-hydrogen) atoms. The molecule has 1 atom stereocenters. The Morgan fingerprint density at radius 1 is 1.38 bits per heavy atom. The fourth-order valence-corrected chi connectivity index (χ4v) is 1.47. The third-order valence-electron chi connectivity index (χ3n) is 2.36. The molecule has 2 nitrogen and oxygen atoms in total. The van der Waals surface area contributed by atoms with Crippen LogP contribution >= 0.6 is 12.4 Å². The quantitative estimate of drug-likeness (QED) is 0.864. The van der Waals surface area contributed by atoms with Gasteiger partial charge < -0.3 is 10.8 Å². The molecule has 0 aliphatic rings. The van der Waals surface area contributed by atoms with Gasteiger partial charge in [0.2, 0.25) is 0 Å². The van der Waals surface area contributed by atoms with Crippen LogP contribution in [0, 0.1) is 18.6 Å². The first-order valence-electron chi connectivity index (χ1n) is 4.89. The van der Waals surface area contributed by atoms with Crippen LogP contribution in [0.25, 0.3) is 0 Å². The topological polar surface area (TPSA) is 46.2 Å². The van der Waals surface area contributed by atoms with Crippen LogP contribution < -0.4 is 5.73 Å². The van der Waals surface area contributed by atoms with Crippen LogP contribution in [-0.2, 0) is 0 Å². The number of benzene rings is 1. The second-order valence-electron chi connectivity index (χ2n) is 3.56. The summed E-state index contributed by atoms with van der Waals surface area (Å²) >= 11 is 0. The predicted molar refractivity (Wildman–Crippen MR) is 61.6 cm³/mol. The number of rotatable bonds is 4. The fraction of sp³-hybridized carbons (Fsp3) is 0.455. The first kappa shape index (κ1) is 15.3. The van der Waals surface area contributed by atoms with Gasteiger partial charge in [-0.1, -0.05) is 6.07 Å². The zero-order valence-corrected chi connectivity index (χ0v) is 9.86. The molecule has 0 heterocycles. The van der Waals surface area contributed by atoms with Crippen LogP contribution in [0.1, 0.15) is 30.0 Å². The molecule has 1 rings (SSSR count). The summed E-state index contributed by atoms with van der Waals surface area (Å²) in [6.07, 6.45) is 0.807. The van der Waals surface area contributed by atoms with Gasteiger partial charge in [-0.05, 0) is 31.4 Å². The highest BCUT2D eigenvalue weighted by Gasteiger charge is 2.17. The molecular weight excluding hydrogens is 236 g/mol. The highest BCUT2D eigenvalue weighted by molar-refractivity contribution is 5.85. The van der Waals surface area contributed by atoms with E-state index in [4.69, 9.17) is 10.8 Å². The van der Waals surface area contributed by atoms with Crippen molar-refractivity contribution in [2.75, 3.05) is 6.61 Å². The molecule has 0 spiro atoms. The average molecular weight is 252 g/mol. The fourth-order valence-electron chi connectivity index (χ4n) is 1.47. The maximum Gasteiger partial charge on any atom is 0.133 e. The van der Waals surface area contributed by atoms with Gasteiger partial charge in [0.25, 0.3) is 0 Å². The standard InChI is InChI=1S/C11H15F2NO.ClH/c1-7-4-5-8(12)10(11(7)13)9(14)3-2-6-15;/h4-5,9,15H,2-3,6,14H2,1H3;1H/t9-;/m1./s1. The normalized spacial score (nSPS) is 12.1. The van der Waals surface area contributed by atoms with Gasteiger partial charge in [-0.2, -0.15) is 0 Å². The van der Waals surface area contributed by atoms with E-state index in [2.05, 4.69) is 0 Å². The van der Waals surface area contributed by atoms with Gasteiger partial charge in [-0.3, -0.25) is 0 Å². The summed E-state index contributed by atoms with van der Waals surface area (Å²) in [6, 6.07) is 1.90. The predicted octanol–water partition coefficient (Wildman–Crippen LogP) is 2.47. The molecule has 92 valence electrons. The molecule has 0 fully saturated rings. The summed E-state index contributed by atoms with van der Waals surface area (Å²) in [4.78, 5) is 0. The first-order valence-corrected chi connectivity index (χ1v) is 4.89. The van der Waals surface area contributed by atoms with Gasteiger partial charge in [-0.15, -0.1) is 12.4 Å². The molecule has 0 aromatic heterocycles. The molecule has 0 unspecified atom stereocenters. The van der Waals surface area contributed by atoms with Gasteiger partial charge in [-0.25, -0.2) is 8.78 Å². The van der Waals surface area contributed by atoms with E-state index in [1.807, 2.05) is 0 Å². The molecule has 0 radical (unpaired) electrons. The largest absolute Gasteiger partial charge is 0.396 e. The Hall–Kier alpha value is -0.710. The summed E-state index contributed by atoms with van der Waals surface area (Å²) in [6.45, 7) is 1.54. The van der Waals surface area contributed by atoms with Crippen molar-refractivity contribution in [2.45, 2.75) is 25.8 Å². The summed E-state index contributed by atoms with van der Waals surface area (Å²) < 4.78 is 26.9. The van der Waals surface area contributed by atoms with Crippen LogP contribution in [0.4, 0.5) is 8.78 Å². The number of aryl methyl sites for hydroxylation is 1. The van der Waals surface area contributed by atoms with Crippen LogP contribution in [0.3, 0.4) is 0 Å². The molecular formula is C11H16ClF2NO. The molecule has 0 aliphatic heterocycles. The minimum absolute atomic E-state index is 0. The molecule has 1 aromatic rings. The van der Waals surface area contributed by atoms with Crippen molar-refractivity contribution in [1.82, 2.24) is 0 Å². The van der Waals surface area contributed by atoms with Gasteiger partial charge >= 0.3 is 0 Å². The lowest BCUT2D eigenvalue weighted by atomic mass is 9.99. The van der Waals surface area contributed by atoms with Crippen molar-refractivity contribution >= 4 is 12.4 Å². The van der Waals surface area contributed by atoms with E-state index in [1.54, 1.807) is 6.92 Å². The smallest absolute Gasteiger partial charge is 0.133 e. The molecule has 1 aromatic carbocycles. The van der Waals surface area contributed by atoms with E-state index >= 15 is 0 Å². The summed E-state index contributed by atoms with van der Waals surface area (Å²) in [5.41, 5.74) is 5.96. The molecule has 3 N–H and O–H groups in total. The van der Waals surface area contributed by atoms with Crippen molar-refractivity contribution < 1.29 is 13.9 Å². The zero-order valence-electron chi connectivity index (χ0n) is 9.04. The Morgan fingerprint density at radius 3 is 2.56 bits per heavy atom. The third kappa shape index (κ3) is 3.40. The minimum Gasteiger partial charge on any atom is -0.396 e. The number of aliphatic hydroxyl groups excluding tert-OH is 1. The van der Waals surface area contributed by atoms with Gasteiger partial charge in [0, 0.05) is 18.2 Å². The van der Waals surface area contributed by atoms with Crippen LogP contribution in [0.2, 0.25) is 0 Å². The number of halogens is 3. The van der Waals surface area contributed by atoms with Crippen molar-refractivity contribution in [2.24, 2.45) is 5.73 Å².